The molecule has 0 saturated carbocycles. The average molecular weight is 188 g/mol. The molecule has 2 aromatic rings. The number of fused-ring (bicyclic) bond motifs is 1. The summed E-state index contributed by atoms with van der Waals surface area (Å²) in [7, 11) is 1.92. The van der Waals surface area contributed by atoms with Crippen LogP contribution < -0.4 is 5.32 Å². The summed E-state index contributed by atoms with van der Waals surface area (Å²) in [6, 6.07) is 2.03. The molecule has 0 saturated heterocycles. The lowest BCUT2D eigenvalue weighted by molar-refractivity contribution is 0.922. The summed E-state index contributed by atoms with van der Waals surface area (Å²) < 4.78 is 0. The van der Waals surface area contributed by atoms with E-state index in [-0.39, 0.29) is 0 Å². The van der Waals surface area contributed by atoms with E-state index in [4.69, 9.17) is 0 Å². The quantitative estimate of drug-likeness (QED) is 0.760. The van der Waals surface area contributed by atoms with Gasteiger partial charge in [-0.15, -0.1) is 0 Å². The van der Waals surface area contributed by atoms with Gasteiger partial charge >= 0.3 is 0 Å². The van der Waals surface area contributed by atoms with Crippen LogP contribution in [0.4, 0.5) is 0 Å². The zero-order valence-corrected chi connectivity index (χ0v) is 7.99. The lowest BCUT2D eigenvalue weighted by Crippen LogP contribution is -2.03. The molecule has 0 atom stereocenters. The minimum absolute atomic E-state index is 0.760. The van der Waals surface area contributed by atoms with Gasteiger partial charge in [-0.25, -0.2) is 9.97 Å². The van der Waals surface area contributed by atoms with Gasteiger partial charge in [0.2, 0.25) is 0 Å². The predicted molar refractivity (Wildman–Crippen MR) is 56.8 cm³/mol. The Morgan fingerprint density at radius 1 is 1.50 bits per heavy atom. The van der Waals surface area contributed by atoms with E-state index in [1.807, 2.05) is 25.4 Å². The van der Waals surface area contributed by atoms with Crippen molar-refractivity contribution in [1.82, 2.24) is 20.3 Å². The molecule has 2 heterocycles. The second kappa shape index (κ2) is 4.02. The van der Waals surface area contributed by atoms with Gasteiger partial charge in [-0.05, 0) is 18.7 Å². The maximum absolute atomic E-state index is 4.21. The zero-order valence-electron chi connectivity index (χ0n) is 7.99. The topological polar surface area (TPSA) is 53.6 Å². The lowest BCUT2D eigenvalue weighted by Gasteiger charge is -1.93. The third kappa shape index (κ3) is 1.80. The first kappa shape index (κ1) is 8.90. The Balaban J connectivity index is 2.25. The summed E-state index contributed by atoms with van der Waals surface area (Å²) in [5, 5.41) is 3.04. The molecule has 2 rings (SSSR count). The molecule has 0 unspecified atom stereocenters. The fourth-order valence-corrected chi connectivity index (χ4v) is 1.25. The van der Waals surface area contributed by atoms with Crippen molar-refractivity contribution in [2.45, 2.75) is 0 Å². The second-order valence-corrected chi connectivity index (χ2v) is 3.00. The number of hydrogen-bond acceptors (Lipinski definition) is 3. The number of H-pyrrole nitrogens is 1. The van der Waals surface area contributed by atoms with Crippen molar-refractivity contribution in [3.8, 4) is 0 Å². The summed E-state index contributed by atoms with van der Waals surface area (Å²) >= 11 is 0. The van der Waals surface area contributed by atoms with E-state index < -0.39 is 0 Å². The van der Waals surface area contributed by atoms with Crippen LogP contribution in [-0.4, -0.2) is 28.5 Å². The highest BCUT2D eigenvalue weighted by atomic mass is 14.9. The van der Waals surface area contributed by atoms with E-state index in [0.29, 0.717) is 0 Å². The Morgan fingerprint density at radius 2 is 2.43 bits per heavy atom. The fourth-order valence-electron chi connectivity index (χ4n) is 1.25. The largest absolute Gasteiger partial charge is 0.343 e. The molecule has 0 bridgehead atoms. The van der Waals surface area contributed by atoms with Crippen molar-refractivity contribution in [2.24, 2.45) is 0 Å². The van der Waals surface area contributed by atoms with Crippen LogP contribution >= 0.6 is 0 Å². The highest BCUT2D eigenvalue weighted by molar-refractivity contribution is 5.72. The van der Waals surface area contributed by atoms with Crippen molar-refractivity contribution in [3.63, 3.8) is 0 Å². The van der Waals surface area contributed by atoms with E-state index in [9.17, 15) is 0 Å². The highest BCUT2D eigenvalue weighted by Crippen LogP contribution is 2.09. The third-order valence-corrected chi connectivity index (χ3v) is 1.93. The number of nitrogens with one attached hydrogen (secondary N) is 2. The van der Waals surface area contributed by atoms with E-state index in [0.717, 1.165) is 23.3 Å². The molecule has 2 aromatic heterocycles. The maximum Gasteiger partial charge on any atom is 0.177 e. The molecule has 0 aliphatic carbocycles. The molecule has 14 heavy (non-hydrogen) atoms. The van der Waals surface area contributed by atoms with Crippen LogP contribution in [-0.2, 0) is 0 Å². The predicted octanol–water partition coefficient (Wildman–Crippen LogP) is 1.19. The van der Waals surface area contributed by atoms with Crippen LogP contribution in [0.3, 0.4) is 0 Å². The average Bonchev–Trinajstić information content (AvgIpc) is 2.65. The lowest BCUT2D eigenvalue weighted by atomic mass is 10.2. The summed E-state index contributed by atoms with van der Waals surface area (Å²) in [6.07, 6.45) is 7.55. The number of imidazole rings is 1. The van der Waals surface area contributed by atoms with Crippen molar-refractivity contribution < 1.29 is 0 Å². The monoisotopic (exact) mass is 188 g/mol. The van der Waals surface area contributed by atoms with Gasteiger partial charge in [-0.2, -0.15) is 0 Å². The molecule has 0 aliphatic rings. The summed E-state index contributed by atoms with van der Waals surface area (Å²) in [5.41, 5.74) is 2.81. The number of nitrogens with zero attached hydrogens (tertiary/aromatic N) is 2. The maximum atomic E-state index is 4.21. The second-order valence-electron chi connectivity index (χ2n) is 3.00. The first-order chi connectivity index (χ1) is 6.90. The fraction of sp³-hybridized carbons (Fsp3) is 0.200. The van der Waals surface area contributed by atoms with Crippen LogP contribution in [0.5, 0.6) is 0 Å². The van der Waals surface area contributed by atoms with Crippen molar-refractivity contribution >= 4 is 17.2 Å². The Bertz CT molecular complexity index is 444. The molecule has 4 nitrogen and oxygen atoms in total. The van der Waals surface area contributed by atoms with E-state index >= 15 is 0 Å². The minimum Gasteiger partial charge on any atom is -0.343 e. The molecule has 0 aliphatic heterocycles. The number of likely N-dealkylation sites (N-methyl/N-ethyl adjacent to an activating group) is 1. The van der Waals surface area contributed by atoms with Gasteiger partial charge < -0.3 is 10.3 Å². The van der Waals surface area contributed by atoms with E-state index in [1.54, 1.807) is 6.33 Å². The number of aromatic nitrogens is 3. The van der Waals surface area contributed by atoms with Gasteiger partial charge in [0.25, 0.3) is 0 Å². The molecule has 0 aromatic carbocycles. The first-order valence-corrected chi connectivity index (χ1v) is 4.50. The van der Waals surface area contributed by atoms with Crippen LogP contribution in [0.25, 0.3) is 17.2 Å². The summed E-state index contributed by atoms with van der Waals surface area (Å²) in [6.45, 7) is 0.862. The third-order valence-electron chi connectivity index (χ3n) is 1.93. The molecule has 0 radical (unpaired) electrons. The van der Waals surface area contributed by atoms with Gasteiger partial charge in [0.1, 0.15) is 0 Å². The Morgan fingerprint density at radius 3 is 3.29 bits per heavy atom. The van der Waals surface area contributed by atoms with E-state index in [1.165, 1.54) is 0 Å². The summed E-state index contributed by atoms with van der Waals surface area (Å²) in [5.74, 6) is 0. The van der Waals surface area contributed by atoms with Crippen molar-refractivity contribution in [2.75, 3.05) is 13.6 Å². The first-order valence-electron chi connectivity index (χ1n) is 4.50. The van der Waals surface area contributed by atoms with Crippen LogP contribution in [0, 0.1) is 0 Å². The number of hydrogen-bond donors (Lipinski definition) is 2. The standard InChI is InChI=1S/C10H12N4/c1-11-4-2-3-8-5-9-10(12-6-8)14-7-13-9/h2-3,5-7,11H,4H2,1H3,(H,12,13,14). The Kier molecular flexibility index (Phi) is 2.55. The van der Waals surface area contributed by atoms with Crippen LogP contribution in [0.1, 0.15) is 5.56 Å². The van der Waals surface area contributed by atoms with Crippen LogP contribution in [0.2, 0.25) is 0 Å². The zero-order chi connectivity index (χ0) is 9.80. The van der Waals surface area contributed by atoms with Gasteiger partial charge in [0.15, 0.2) is 5.65 Å². The van der Waals surface area contributed by atoms with Gasteiger partial charge in [0, 0.05) is 12.7 Å². The number of rotatable bonds is 3. The highest BCUT2D eigenvalue weighted by Gasteiger charge is 1.96. The van der Waals surface area contributed by atoms with Crippen molar-refractivity contribution in [1.29, 1.82) is 0 Å². The number of aromatic amines is 1. The van der Waals surface area contributed by atoms with Gasteiger partial charge in [0.05, 0.1) is 11.8 Å². The van der Waals surface area contributed by atoms with Crippen molar-refractivity contribution in [3.05, 3.63) is 30.2 Å². The smallest absolute Gasteiger partial charge is 0.177 e. The molecular weight excluding hydrogens is 176 g/mol. The molecule has 0 amide bonds. The Hall–Kier alpha value is -1.68. The number of pyridine rings is 1. The Labute approximate surface area is 82.1 Å². The van der Waals surface area contributed by atoms with Gasteiger partial charge in [-0.3, -0.25) is 0 Å². The molecule has 0 spiro atoms. The summed E-state index contributed by atoms with van der Waals surface area (Å²) in [4.78, 5) is 11.3. The minimum atomic E-state index is 0.760. The molecular formula is C10H12N4. The van der Waals surface area contributed by atoms with E-state index in [2.05, 4.69) is 26.3 Å². The normalized spacial score (nSPS) is 11.5. The molecule has 72 valence electrons. The van der Waals surface area contributed by atoms with Crippen LogP contribution in [0.15, 0.2) is 24.7 Å². The SMILES string of the molecule is CNCC=Cc1cnc2nc[nH]c2c1. The molecule has 0 fully saturated rings. The molecule has 2 N–H and O–H groups in total. The molecule has 4 heteroatoms. The van der Waals surface area contributed by atoms with Gasteiger partial charge in [-0.1, -0.05) is 12.2 Å².